The van der Waals surface area contributed by atoms with Crippen LogP contribution in [0.4, 0.5) is 0 Å². The number of fused-ring (bicyclic) bond motifs is 1. The van der Waals surface area contributed by atoms with Gasteiger partial charge in [0, 0.05) is 0 Å². The molecule has 4 heteroatoms. The molecule has 70 valence electrons. The van der Waals surface area contributed by atoms with Gasteiger partial charge < -0.3 is 4.98 Å². The number of nitriles is 1. The van der Waals surface area contributed by atoms with Gasteiger partial charge in [-0.3, -0.25) is 0 Å². The molecule has 1 aromatic carbocycles. The summed E-state index contributed by atoms with van der Waals surface area (Å²) < 4.78 is 0. The highest BCUT2D eigenvalue weighted by Gasteiger charge is 2.07. The van der Waals surface area contributed by atoms with Crippen LogP contribution in [-0.2, 0) is 5.88 Å². The van der Waals surface area contributed by atoms with Gasteiger partial charge in [-0.1, -0.05) is 0 Å². The van der Waals surface area contributed by atoms with E-state index in [1.807, 2.05) is 13.0 Å². The van der Waals surface area contributed by atoms with Crippen LogP contribution in [0, 0.1) is 18.3 Å². The highest BCUT2D eigenvalue weighted by Crippen LogP contribution is 2.19. The second-order valence-corrected chi connectivity index (χ2v) is 3.33. The molecule has 0 fully saturated rings. The Balaban J connectivity index is 2.76. The SMILES string of the molecule is Cc1c(C#N)ccc2[nH]c(CCl)nc12. The fourth-order valence-electron chi connectivity index (χ4n) is 1.45. The minimum Gasteiger partial charge on any atom is -0.341 e. The first-order valence-corrected chi connectivity index (χ1v) is 4.74. The summed E-state index contributed by atoms with van der Waals surface area (Å²) in [6, 6.07) is 5.76. The van der Waals surface area contributed by atoms with Gasteiger partial charge in [0.1, 0.15) is 5.82 Å². The molecule has 0 saturated heterocycles. The molecule has 14 heavy (non-hydrogen) atoms. The summed E-state index contributed by atoms with van der Waals surface area (Å²) in [6.07, 6.45) is 0. The summed E-state index contributed by atoms with van der Waals surface area (Å²) in [5, 5.41) is 8.83. The Hall–Kier alpha value is -1.53. The smallest absolute Gasteiger partial charge is 0.122 e. The summed E-state index contributed by atoms with van der Waals surface area (Å²) in [6.45, 7) is 1.89. The molecule has 0 unspecified atom stereocenters. The molecule has 0 radical (unpaired) electrons. The number of alkyl halides is 1. The Morgan fingerprint density at radius 1 is 1.57 bits per heavy atom. The van der Waals surface area contributed by atoms with E-state index in [1.165, 1.54) is 0 Å². The van der Waals surface area contributed by atoms with Gasteiger partial charge in [-0.15, -0.1) is 11.6 Å². The number of imidazole rings is 1. The first-order chi connectivity index (χ1) is 6.76. The molecule has 0 bridgehead atoms. The van der Waals surface area contributed by atoms with Crippen molar-refractivity contribution in [3.8, 4) is 6.07 Å². The predicted octanol–water partition coefficient (Wildman–Crippen LogP) is 2.48. The van der Waals surface area contributed by atoms with Crippen LogP contribution >= 0.6 is 11.6 Å². The maximum Gasteiger partial charge on any atom is 0.122 e. The van der Waals surface area contributed by atoms with Crippen LogP contribution in [0.1, 0.15) is 17.0 Å². The van der Waals surface area contributed by atoms with E-state index in [0.717, 1.165) is 22.4 Å². The normalized spacial score (nSPS) is 10.4. The Morgan fingerprint density at radius 2 is 2.36 bits per heavy atom. The van der Waals surface area contributed by atoms with E-state index >= 15 is 0 Å². The van der Waals surface area contributed by atoms with Gasteiger partial charge in [-0.25, -0.2) is 4.98 Å². The zero-order valence-corrected chi connectivity index (χ0v) is 8.39. The lowest BCUT2D eigenvalue weighted by atomic mass is 10.1. The molecule has 1 N–H and O–H groups in total. The van der Waals surface area contributed by atoms with Crippen LogP contribution in [-0.4, -0.2) is 9.97 Å². The van der Waals surface area contributed by atoms with Gasteiger partial charge in [0.25, 0.3) is 0 Å². The van der Waals surface area contributed by atoms with Crippen LogP contribution in [0.15, 0.2) is 12.1 Å². The number of rotatable bonds is 1. The highest BCUT2D eigenvalue weighted by molar-refractivity contribution is 6.16. The van der Waals surface area contributed by atoms with Crippen molar-refractivity contribution in [2.24, 2.45) is 0 Å². The fourth-order valence-corrected chi connectivity index (χ4v) is 1.57. The number of benzene rings is 1. The number of nitrogens with zero attached hydrogens (tertiary/aromatic N) is 2. The van der Waals surface area contributed by atoms with Gasteiger partial charge in [-0.2, -0.15) is 5.26 Å². The lowest BCUT2D eigenvalue weighted by Crippen LogP contribution is -1.83. The molecule has 0 aliphatic heterocycles. The molecule has 0 atom stereocenters. The molecule has 2 aromatic rings. The first-order valence-electron chi connectivity index (χ1n) is 4.20. The van der Waals surface area contributed by atoms with Crippen molar-refractivity contribution in [1.29, 1.82) is 5.26 Å². The van der Waals surface area contributed by atoms with Crippen molar-refractivity contribution in [3.63, 3.8) is 0 Å². The summed E-state index contributed by atoms with van der Waals surface area (Å²) in [5.41, 5.74) is 3.32. The van der Waals surface area contributed by atoms with E-state index in [4.69, 9.17) is 16.9 Å². The van der Waals surface area contributed by atoms with Crippen molar-refractivity contribution in [2.75, 3.05) is 0 Å². The van der Waals surface area contributed by atoms with Crippen LogP contribution < -0.4 is 0 Å². The van der Waals surface area contributed by atoms with E-state index in [9.17, 15) is 0 Å². The van der Waals surface area contributed by atoms with Crippen LogP contribution in [0.2, 0.25) is 0 Å². The van der Waals surface area contributed by atoms with Crippen molar-refractivity contribution >= 4 is 22.6 Å². The minimum absolute atomic E-state index is 0.357. The van der Waals surface area contributed by atoms with E-state index < -0.39 is 0 Å². The Labute approximate surface area is 86.3 Å². The molecule has 2 rings (SSSR count). The second kappa shape index (κ2) is 3.32. The third kappa shape index (κ3) is 1.24. The van der Waals surface area contributed by atoms with Crippen molar-refractivity contribution in [1.82, 2.24) is 9.97 Å². The zero-order chi connectivity index (χ0) is 10.1. The monoisotopic (exact) mass is 205 g/mol. The molecular weight excluding hydrogens is 198 g/mol. The van der Waals surface area contributed by atoms with E-state index in [-0.39, 0.29) is 0 Å². The maximum absolute atomic E-state index is 8.83. The van der Waals surface area contributed by atoms with Gasteiger partial charge in [0.2, 0.25) is 0 Å². The predicted molar refractivity (Wildman–Crippen MR) is 55.1 cm³/mol. The first kappa shape index (κ1) is 9.04. The lowest BCUT2D eigenvalue weighted by Gasteiger charge is -1.95. The summed E-state index contributed by atoms with van der Waals surface area (Å²) in [7, 11) is 0. The summed E-state index contributed by atoms with van der Waals surface area (Å²) in [4.78, 5) is 7.39. The van der Waals surface area contributed by atoms with Gasteiger partial charge in [0.15, 0.2) is 0 Å². The van der Waals surface area contributed by atoms with E-state index in [0.29, 0.717) is 11.4 Å². The zero-order valence-electron chi connectivity index (χ0n) is 7.63. The van der Waals surface area contributed by atoms with Gasteiger partial charge in [0.05, 0.1) is 28.5 Å². The van der Waals surface area contributed by atoms with Gasteiger partial charge in [-0.05, 0) is 24.6 Å². The summed E-state index contributed by atoms with van der Waals surface area (Å²) in [5.74, 6) is 1.09. The quantitative estimate of drug-likeness (QED) is 0.728. The average Bonchev–Trinajstić information content (AvgIpc) is 2.62. The molecule has 1 heterocycles. The molecule has 0 spiro atoms. The van der Waals surface area contributed by atoms with E-state index in [1.54, 1.807) is 6.07 Å². The number of hydrogen-bond donors (Lipinski definition) is 1. The molecule has 0 amide bonds. The molecule has 0 aliphatic rings. The van der Waals surface area contributed by atoms with E-state index in [2.05, 4.69) is 16.0 Å². The minimum atomic E-state index is 0.357. The molecular formula is C10H8ClN3. The van der Waals surface area contributed by atoms with Gasteiger partial charge >= 0.3 is 0 Å². The Morgan fingerprint density at radius 3 is 3.00 bits per heavy atom. The third-order valence-electron chi connectivity index (χ3n) is 2.20. The number of aryl methyl sites for hydroxylation is 1. The topological polar surface area (TPSA) is 52.5 Å². The largest absolute Gasteiger partial charge is 0.341 e. The van der Waals surface area contributed by atoms with Crippen molar-refractivity contribution in [3.05, 3.63) is 29.1 Å². The number of aromatic amines is 1. The standard InChI is InChI=1S/C10H8ClN3/c1-6-7(5-12)2-3-8-10(6)14-9(4-11)13-8/h2-3H,4H2,1H3,(H,13,14). The second-order valence-electron chi connectivity index (χ2n) is 3.06. The third-order valence-corrected chi connectivity index (χ3v) is 2.46. The van der Waals surface area contributed by atoms with Crippen molar-refractivity contribution < 1.29 is 0 Å². The van der Waals surface area contributed by atoms with Crippen LogP contribution in [0.25, 0.3) is 11.0 Å². The molecule has 0 aliphatic carbocycles. The Bertz CT molecular complexity index is 522. The number of H-pyrrole nitrogens is 1. The number of halogens is 1. The highest BCUT2D eigenvalue weighted by atomic mass is 35.5. The average molecular weight is 206 g/mol. The van der Waals surface area contributed by atoms with Crippen molar-refractivity contribution in [2.45, 2.75) is 12.8 Å². The number of nitrogens with one attached hydrogen (secondary N) is 1. The maximum atomic E-state index is 8.83. The fraction of sp³-hybridized carbons (Fsp3) is 0.200. The molecule has 0 saturated carbocycles. The van der Waals surface area contributed by atoms with Crippen LogP contribution in [0.5, 0.6) is 0 Å². The van der Waals surface area contributed by atoms with Crippen LogP contribution in [0.3, 0.4) is 0 Å². The Kier molecular flexibility index (Phi) is 2.14. The lowest BCUT2D eigenvalue weighted by molar-refractivity contribution is 1.13. The number of hydrogen-bond acceptors (Lipinski definition) is 2. The summed E-state index contributed by atoms with van der Waals surface area (Å²) >= 11 is 5.67. The molecule has 3 nitrogen and oxygen atoms in total. The molecule has 1 aromatic heterocycles. The number of aromatic nitrogens is 2.